The van der Waals surface area contributed by atoms with Gasteiger partial charge in [-0.05, 0) is 0 Å². The highest BCUT2D eigenvalue weighted by Crippen LogP contribution is 2.00. The van der Waals surface area contributed by atoms with Crippen molar-refractivity contribution >= 4 is 23.2 Å². The average Bonchev–Trinajstić information content (AvgIpc) is 2.30. The van der Waals surface area contributed by atoms with Crippen LogP contribution in [-0.2, 0) is 25.6 Å². The molecule has 0 bridgehead atoms. The Morgan fingerprint density at radius 1 is 1.44 bits per heavy atom. The largest absolute Gasteiger partial charge is 0.481 e. The van der Waals surface area contributed by atoms with E-state index in [0.717, 1.165) is 6.08 Å². The molecule has 0 heterocycles. The second kappa shape index (κ2) is 8.75. The van der Waals surface area contributed by atoms with Gasteiger partial charge < -0.3 is 14.9 Å². The predicted molar refractivity (Wildman–Crippen MR) is 61.7 cm³/mol. The first kappa shape index (κ1) is 16.7. The number of hydrogen-bond acceptors (Lipinski definition) is 5. The zero-order valence-corrected chi connectivity index (χ0v) is 10.3. The van der Waals surface area contributed by atoms with Gasteiger partial charge in [-0.15, -0.1) is 6.58 Å². The van der Waals surface area contributed by atoms with Crippen molar-refractivity contribution in [3.63, 3.8) is 0 Å². The van der Waals surface area contributed by atoms with Crippen LogP contribution in [0.15, 0.2) is 12.7 Å². The Hall–Kier alpha value is -1.29. The van der Waals surface area contributed by atoms with Crippen molar-refractivity contribution in [3.05, 3.63) is 12.7 Å². The smallest absolute Gasteiger partial charge is 0.306 e. The van der Waals surface area contributed by atoms with Crippen molar-refractivity contribution in [3.8, 4) is 0 Å². The summed E-state index contributed by atoms with van der Waals surface area (Å²) in [5.74, 6) is -1.91. The van der Waals surface area contributed by atoms with Gasteiger partial charge in [0.25, 0.3) is 0 Å². The van der Waals surface area contributed by atoms with Gasteiger partial charge in [-0.25, -0.2) is 8.93 Å². The van der Waals surface area contributed by atoms with E-state index >= 15 is 0 Å². The number of aliphatic hydroxyl groups excluding tert-OH is 1. The lowest BCUT2D eigenvalue weighted by atomic mass is 10.2. The summed E-state index contributed by atoms with van der Waals surface area (Å²) in [6.45, 7) is 2.91. The Kier molecular flexibility index (Phi) is 8.12. The summed E-state index contributed by atoms with van der Waals surface area (Å²) in [7, 11) is 0. The van der Waals surface area contributed by atoms with Crippen LogP contribution >= 0.6 is 0 Å². The number of nitrogens with one attached hydrogen (secondary N) is 1. The standard InChI is InChI=1S/C9H15NO7S/c1-2-7(11)6(10-18(15)16)5-17-9(14)4-3-8(12)13/h2,6-7,10-11H,1,3-5H2,(H,12,13)(H,15,16)/t6-,7+/m0/s1. The van der Waals surface area contributed by atoms with Crippen LogP contribution in [0.3, 0.4) is 0 Å². The van der Waals surface area contributed by atoms with E-state index in [9.17, 15) is 18.9 Å². The van der Waals surface area contributed by atoms with Crippen LogP contribution < -0.4 is 4.72 Å². The fraction of sp³-hybridized carbons (Fsp3) is 0.556. The Morgan fingerprint density at radius 2 is 2.06 bits per heavy atom. The van der Waals surface area contributed by atoms with E-state index in [4.69, 9.17) is 9.66 Å². The number of aliphatic carboxylic acids is 1. The third-order valence-electron chi connectivity index (χ3n) is 1.87. The van der Waals surface area contributed by atoms with Crippen molar-refractivity contribution in [1.82, 2.24) is 4.72 Å². The molecule has 0 saturated heterocycles. The van der Waals surface area contributed by atoms with Crippen LogP contribution in [0, 0.1) is 0 Å². The normalized spacial score (nSPS) is 15.4. The van der Waals surface area contributed by atoms with Gasteiger partial charge in [0, 0.05) is 0 Å². The van der Waals surface area contributed by atoms with E-state index in [1.54, 1.807) is 0 Å². The number of ether oxygens (including phenoxy) is 1. The molecule has 0 rings (SSSR count). The van der Waals surface area contributed by atoms with E-state index in [-0.39, 0.29) is 19.4 Å². The van der Waals surface area contributed by atoms with Gasteiger partial charge in [0.1, 0.15) is 6.61 Å². The van der Waals surface area contributed by atoms with Crippen LogP contribution in [0.1, 0.15) is 12.8 Å². The third kappa shape index (κ3) is 7.90. The highest BCUT2D eigenvalue weighted by molar-refractivity contribution is 7.77. The van der Waals surface area contributed by atoms with E-state index in [0.29, 0.717) is 0 Å². The summed E-state index contributed by atoms with van der Waals surface area (Å²) < 4.78 is 25.9. The molecule has 18 heavy (non-hydrogen) atoms. The molecule has 0 aromatic carbocycles. The van der Waals surface area contributed by atoms with Gasteiger partial charge in [-0.1, -0.05) is 6.08 Å². The lowest BCUT2D eigenvalue weighted by Crippen LogP contribution is -2.43. The molecule has 0 aromatic rings. The van der Waals surface area contributed by atoms with Crippen molar-refractivity contribution < 1.29 is 33.3 Å². The van der Waals surface area contributed by atoms with E-state index in [2.05, 4.69) is 16.0 Å². The number of carboxylic acids is 1. The lowest BCUT2D eigenvalue weighted by Gasteiger charge is -2.19. The topological polar surface area (TPSA) is 133 Å². The van der Waals surface area contributed by atoms with Crippen molar-refractivity contribution in [2.75, 3.05) is 6.61 Å². The van der Waals surface area contributed by atoms with Gasteiger partial charge in [0.2, 0.25) is 11.3 Å². The minimum atomic E-state index is -2.39. The Morgan fingerprint density at radius 3 is 2.50 bits per heavy atom. The molecule has 0 fully saturated rings. The Bertz CT molecular complexity index is 333. The molecule has 0 aromatic heterocycles. The first-order valence-electron chi connectivity index (χ1n) is 4.92. The molecule has 1 unspecified atom stereocenters. The molecule has 0 aliphatic carbocycles. The molecule has 0 radical (unpaired) electrons. The van der Waals surface area contributed by atoms with Gasteiger partial charge in [-0.2, -0.15) is 0 Å². The molecule has 0 amide bonds. The van der Waals surface area contributed by atoms with Gasteiger partial charge in [0.15, 0.2) is 0 Å². The number of aliphatic hydroxyl groups is 1. The average molecular weight is 281 g/mol. The predicted octanol–water partition coefficient (Wildman–Crippen LogP) is -0.964. The maximum Gasteiger partial charge on any atom is 0.306 e. The summed E-state index contributed by atoms with van der Waals surface area (Å²) in [4.78, 5) is 21.3. The molecule has 0 aliphatic heterocycles. The number of carboxylic acid groups (broad SMARTS) is 1. The number of carbonyl (C=O) groups is 2. The van der Waals surface area contributed by atoms with Crippen molar-refractivity contribution in [2.24, 2.45) is 0 Å². The summed E-state index contributed by atoms with van der Waals surface area (Å²) in [5, 5.41) is 17.7. The Balaban J connectivity index is 4.16. The molecule has 3 atom stereocenters. The van der Waals surface area contributed by atoms with Crippen LogP contribution in [0.4, 0.5) is 0 Å². The fourth-order valence-corrected chi connectivity index (χ4v) is 1.43. The quantitative estimate of drug-likeness (QED) is 0.243. The monoisotopic (exact) mass is 281 g/mol. The highest BCUT2D eigenvalue weighted by atomic mass is 32.2. The molecular formula is C9H15NO7S. The number of rotatable bonds is 9. The third-order valence-corrected chi connectivity index (χ3v) is 2.38. The van der Waals surface area contributed by atoms with Crippen molar-refractivity contribution in [2.45, 2.75) is 25.0 Å². The second-order valence-corrected chi connectivity index (χ2v) is 4.01. The molecule has 9 heteroatoms. The molecule has 0 aliphatic rings. The maximum absolute atomic E-state index is 11.1. The van der Waals surface area contributed by atoms with Crippen LogP contribution in [-0.4, -0.2) is 49.7 Å². The first-order chi connectivity index (χ1) is 8.36. The molecule has 4 N–H and O–H groups in total. The minimum absolute atomic E-state index is 0.311. The SMILES string of the molecule is C=C[C@@H](O)[C@H](COC(=O)CCC(=O)O)NS(=O)O. The van der Waals surface area contributed by atoms with E-state index in [1.807, 2.05) is 0 Å². The Labute approximate surface area is 106 Å². The highest BCUT2D eigenvalue weighted by Gasteiger charge is 2.20. The number of carbonyl (C=O) groups excluding carboxylic acids is 1. The maximum atomic E-state index is 11.1. The zero-order chi connectivity index (χ0) is 14.1. The summed E-state index contributed by atoms with van der Waals surface area (Å²) >= 11 is -2.39. The van der Waals surface area contributed by atoms with Crippen LogP contribution in [0.25, 0.3) is 0 Å². The molecule has 0 saturated carbocycles. The van der Waals surface area contributed by atoms with Gasteiger partial charge in [0.05, 0.1) is 25.0 Å². The zero-order valence-electron chi connectivity index (χ0n) is 9.44. The van der Waals surface area contributed by atoms with E-state index < -0.39 is 35.4 Å². The number of hydrogen-bond donors (Lipinski definition) is 4. The number of esters is 1. The molecule has 8 nitrogen and oxygen atoms in total. The first-order valence-corrected chi connectivity index (χ1v) is 6.02. The summed E-state index contributed by atoms with van der Waals surface area (Å²) in [6.07, 6.45) is -0.759. The summed E-state index contributed by atoms with van der Waals surface area (Å²) in [5.41, 5.74) is 0. The van der Waals surface area contributed by atoms with Crippen LogP contribution in [0.2, 0.25) is 0 Å². The molecular weight excluding hydrogens is 266 g/mol. The molecule has 0 spiro atoms. The summed E-state index contributed by atoms with van der Waals surface area (Å²) in [6, 6.07) is -0.998. The molecule has 104 valence electrons. The van der Waals surface area contributed by atoms with E-state index in [1.165, 1.54) is 0 Å². The van der Waals surface area contributed by atoms with Gasteiger partial charge in [-0.3, -0.25) is 14.1 Å². The van der Waals surface area contributed by atoms with Gasteiger partial charge >= 0.3 is 11.9 Å². The lowest BCUT2D eigenvalue weighted by molar-refractivity contribution is -0.148. The second-order valence-electron chi connectivity index (χ2n) is 3.28. The van der Waals surface area contributed by atoms with Crippen molar-refractivity contribution in [1.29, 1.82) is 0 Å². The fourth-order valence-electron chi connectivity index (χ4n) is 0.960. The minimum Gasteiger partial charge on any atom is -0.481 e. The van der Waals surface area contributed by atoms with Crippen LogP contribution in [0.5, 0.6) is 0 Å².